The lowest BCUT2D eigenvalue weighted by molar-refractivity contribution is 0.407. The number of rotatable bonds is 5. The summed E-state index contributed by atoms with van der Waals surface area (Å²) in [5, 5.41) is 4.79. The van der Waals surface area contributed by atoms with Gasteiger partial charge in [0.1, 0.15) is 11.5 Å². The number of hydrogen-bond acceptors (Lipinski definition) is 5. The highest BCUT2D eigenvalue weighted by atomic mass is 32.2. The van der Waals surface area contributed by atoms with Crippen LogP contribution in [0.1, 0.15) is 29.3 Å². The summed E-state index contributed by atoms with van der Waals surface area (Å²) in [6.45, 7) is 5.91. The normalized spacial score (nSPS) is 13.7. The van der Waals surface area contributed by atoms with Crippen LogP contribution in [-0.2, 0) is 23.3 Å². The van der Waals surface area contributed by atoms with Crippen LogP contribution in [0.25, 0.3) is 0 Å². The predicted octanol–water partition coefficient (Wildman–Crippen LogP) is 3.46. The van der Waals surface area contributed by atoms with Crippen molar-refractivity contribution in [3.8, 4) is 11.5 Å². The topological polar surface area (TPSA) is 80.9 Å². The number of ether oxygens (including phenoxy) is 2. The zero-order valence-corrected chi connectivity index (χ0v) is 16.4. The van der Waals surface area contributed by atoms with Crippen molar-refractivity contribution >= 4 is 27.7 Å². The number of benzene rings is 1. The number of aromatic nitrogens is 1. The molecule has 1 aliphatic rings. The van der Waals surface area contributed by atoms with Gasteiger partial charge < -0.3 is 14.0 Å². The number of methoxy groups -OCH3 is 2. The van der Waals surface area contributed by atoms with E-state index in [0.717, 1.165) is 46.0 Å². The summed E-state index contributed by atoms with van der Waals surface area (Å²) >= 11 is -1.39. The molecule has 0 spiro atoms. The van der Waals surface area contributed by atoms with Crippen LogP contribution >= 0.6 is 0 Å². The third kappa shape index (κ3) is 3.37. The molecule has 0 fully saturated rings. The highest BCUT2D eigenvalue weighted by molar-refractivity contribution is 8.05. The van der Waals surface area contributed by atoms with E-state index in [1.54, 1.807) is 20.4 Å². The lowest BCUT2D eigenvalue weighted by atomic mass is 10.1. The van der Waals surface area contributed by atoms with Gasteiger partial charge in [-0.05, 0) is 31.9 Å². The number of nitrogens with zero attached hydrogens (tertiary/aromatic N) is 3. The lowest BCUT2D eigenvalue weighted by Crippen LogP contribution is -2.22. The van der Waals surface area contributed by atoms with Crippen LogP contribution in [0, 0.1) is 13.8 Å². The molecule has 0 aliphatic carbocycles. The van der Waals surface area contributed by atoms with Crippen molar-refractivity contribution in [3.05, 3.63) is 40.7 Å². The summed E-state index contributed by atoms with van der Waals surface area (Å²) in [5.74, 6) is 1.75. The SMILES string of the molecule is CCc1cc(OC)cc2c1N=C([S+]([O-])Cc1ncc(C)c(OC)c1C)[N]2. The second-order valence-corrected chi connectivity index (χ2v) is 7.39. The number of fused-ring (bicyclic) bond motifs is 1. The Morgan fingerprint density at radius 1 is 1.15 bits per heavy atom. The summed E-state index contributed by atoms with van der Waals surface area (Å²) in [6.07, 6.45) is 2.54. The van der Waals surface area contributed by atoms with Gasteiger partial charge in [-0.3, -0.25) is 4.98 Å². The van der Waals surface area contributed by atoms with Crippen LogP contribution < -0.4 is 14.8 Å². The molecule has 1 aromatic carbocycles. The largest absolute Gasteiger partial charge is 0.609 e. The minimum Gasteiger partial charge on any atom is -0.609 e. The van der Waals surface area contributed by atoms with Crippen LogP contribution in [0.2, 0.25) is 0 Å². The molecule has 1 atom stereocenters. The molecule has 6 nitrogen and oxygen atoms in total. The van der Waals surface area contributed by atoms with Crippen LogP contribution in [0.3, 0.4) is 0 Å². The van der Waals surface area contributed by atoms with Crippen molar-refractivity contribution in [1.29, 1.82) is 0 Å². The Balaban J connectivity index is 1.85. The maximum Gasteiger partial charge on any atom is 0.344 e. The van der Waals surface area contributed by atoms with E-state index >= 15 is 0 Å². The fraction of sp³-hybridized carbons (Fsp3) is 0.368. The molecule has 2 heterocycles. The molecule has 1 unspecified atom stereocenters. The van der Waals surface area contributed by atoms with Gasteiger partial charge in [0.05, 0.1) is 31.3 Å². The van der Waals surface area contributed by atoms with Crippen LogP contribution in [0.4, 0.5) is 11.4 Å². The van der Waals surface area contributed by atoms with Crippen LogP contribution in [0.5, 0.6) is 11.5 Å². The summed E-state index contributed by atoms with van der Waals surface area (Å²) in [7, 11) is 3.25. The van der Waals surface area contributed by atoms with Gasteiger partial charge in [0.15, 0.2) is 5.75 Å². The van der Waals surface area contributed by atoms with Gasteiger partial charge in [0.25, 0.3) is 0 Å². The highest BCUT2D eigenvalue weighted by Crippen LogP contribution is 2.39. The van der Waals surface area contributed by atoms with Gasteiger partial charge in [-0.2, -0.15) is 10.3 Å². The lowest BCUT2D eigenvalue weighted by Gasteiger charge is -2.13. The van der Waals surface area contributed by atoms with Gasteiger partial charge in [-0.1, -0.05) is 6.92 Å². The number of aryl methyl sites for hydroxylation is 2. The first-order valence-corrected chi connectivity index (χ1v) is 9.69. The second-order valence-electron chi connectivity index (χ2n) is 6.05. The summed E-state index contributed by atoms with van der Waals surface area (Å²) in [5.41, 5.74) is 5.09. The average molecular weight is 372 g/mol. The van der Waals surface area contributed by atoms with E-state index in [2.05, 4.69) is 15.3 Å². The van der Waals surface area contributed by atoms with Gasteiger partial charge in [0.2, 0.25) is 0 Å². The molecule has 26 heavy (non-hydrogen) atoms. The fourth-order valence-corrected chi connectivity index (χ4v) is 4.04. The molecule has 0 bridgehead atoms. The van der Waals surface area contributed by atoms with Crippen LogP contribution in [0.15, 0.2) is 23.3 Å². The number of hydrogen-bond donors (Lipinski definition) is 0. The van der Waals surface area contributed by atoms with Crippen molar-refractivity contribution in [3.63, 3.8) is 0 Å². The van der Waals surface area contributed by atoms with Crippen molar-refractivity contribution in [2.24, 2.45) is 4.99 Å². The smallest absolute Gasteiger partial charge is 0.344 e. The quantitative estimate of drug-likeness (QED) is 0.753. The summed E-state index contributed by atoms with van der Waals surface area (Å²) in [6, 6.07) is 3.76. The molecular weight excluding hydrogens is 350 g/mol. The highest BCUT2D eigenvalue weighted by Gasteiger charge is 2.30. The van der Waals surface area contributed by atoms with Gasteiger partial charge in [-0.25, -0.2) is 0 Å². The molecule has 137 valence electrons. The minimum atomic E-state index is -1.39. The Kier molecular flexibility index (Phi) is 5.38. The second kappa shape index (κ2) is 7.55. The van der Waals surface area contributed by atoms with Crippen molar-refractivity contribution < 1.29 is 14.0 Å². The zero-order chi connectivity index (χ0) is 18.8. The Labute approximate surface area is 156 Å². The molecule has 0 saturated heterocycles. The van der Waals surface area contributed by atoms with Gasteiger partial charge >= 0.3 is 5.17 Å². The maximum absolute atomic E-state index is 12.8. The third-order valence-electron chi connectivity index (χ3n) is 4.40. The van der Waals surface area contributed by atoms with Gasteiger partial charge in [-0.15, -0.1) is 0 Å². The number of aliphatic imine (C=N–C) groups is 1. The predicted molar refractivity (Wildman–Crippen MR) is 103 cm³/mol. The van der Waals surface area contributed by atoms with E-state index in [1.165, 1.54) is 0 Å². The molecule has 7 heteroatoms. The van der Waals surface area contributed by atoms with E-state index in [0.29, 0.717) is 10.9 Å². The molecule has 1 radical (unpaired) electrons. The van der Waals surface area contributed by atoms with Crippen molar-refractivity contribution in [1.82, 2.24) is 10.3 Å². The molecular formula is C19H22N3O3S. The number of pyridine rings is 1. The first-order chi connectivity index (χ1) is 12.5. The van der Waals surface area contributed by atoms with E-state index in [4.69, 9.17) is 9.47 Å². The van der Waals surface area contributed by atoms with E-state index in [9.17, 15) is 4.55 Å². The number of amidine groups is 1. The van der Waals surface area contributed by atoms with E-state index in [1.807, 2.05) is 32.9 Å². The molecule has 0 N–H and O–H groups in total. The molecule has 0 amide bonds. The van der Waals surface area contributed by atoms with Gasteiger partial charge in [0, 0.05) is 34.6 Å². The van der Waals surface area contributed by atoms with E-state index < -0.39 is 11.2 Å². The first-order valence-electron chi connectivity index (χ1n) is 8.37. The summed E-state index contributed by atoms with van der Waals surface area (Å²) < 4.78 is 23.6. The van der Waals surface area contributed by atoms with E-state index in [-0.39, 0.29) is 5.75 Å². The monoisotopic (exact) mass is 372 g/mol. The first kappa shape index (κ1) is 18.5. The van der Waals surface area contributed by atoms with Crippen molar-refractivity contribution in [2.45, 2.75) is 32.9 Å². The molecule has 1 aliphatic heterocycles. The molecule has 2 aromatic rings. The molecule has 0 saturated carbocycles. The Morgan fingerprint density at radius 2 is 1.92 bits per heavy atom. The maximum atomic E-state index is 12.8. The molecule has 1 aromatic heterocycles. The van der Waals surface area contributed by atoms with Crippen molar-refractivity contribution in [2.75, 3.05) is 14.2 Å². The average Bonchev–Trinajstić information content (AvgIpc) is 3.07. The standard InChI is InChI=1S/C19H22N3O3S/c1-6-13-7-14(24-4)8-15-17(13)22-19(21-15)26(23)10-16-12(3)18(25-5)11(2)9-20-16/h7-9H,6,10H2,1-5H3. The Bertz CT molecular complexity index is 868. The van der Waals surface area contributed by atoms with Crippen LogP contribution in [-0.4, -0.2) is 28.9 Å². The Morgan fingerprint density at radius 3 is 2.58 bits per heavy atom. The summed E-state index contributed by atoms with van der Waals surface area (Å²) in [4.78, 5) is 8.94. The third-order valence-corrected chi connectivity index (χ3v) is 5.53. The minimum absolute atomic E-state index is 0.247. The zero-order valence-electron chi connectivity index (χ0n) is 15.6. The Hall–Kier alpha value is -2.25. The fourth-order valence-electron chi connectivity index (χ4n) is 2.98. The molecule has 3 rings (SSSR count).